The molecule has 0 saturated carbocycles. The van der Waals surface area contributed by atoms with E-state index >= 15 is 0 Å². The Labute approximate surface area is 160 Å². The smallest absolute Gasteiger partial charge is 0.271 e. The number of rotatable bonds is 6. The van der Waals surface area contributed by atoms with Crippen molar-refractivity contribution in [2.75, 3.05) is 7.11 Å². The van der Waals surface area contributed by atoms with Crippen molar-refractivity contribution in [1.82, 2.24) is 25.3 Å². The number of hydrogen-bond donors (Lipinski definition) is 2. The van der Waals surface area contributed by atoms with Gasteiger partial charge >= 0.3 is 0 Å². The average Bonchev–Trinajstić information content (AvgIpc) is 2.70. The van der Waals surface area contributed by atoms with Gasteiger partial charge in [-0.15, -0.1) is 0 Å². The standard InChI is InChI=1S/C19H19N5O4/c1-12(20-19(27)16-7-9-17(25)22-21-16)11-24-18(26)10-8-15(23-24)13-3-5-14(28-2)6-4-13/h3-10,12H,11H2,1-2H3,(H,20,27)(H,22,25)/t12-/m0/s1. The number of nitrogens with zero attached hydrogens (tertiary/aromatic N) is 3. The van der Waals surface area contributed by atoms with Crippen LogP contribution in [0, 0.1) is 0 Å². The number of benzene rings is 1. The zero-order chi connectivity index (χ0) is 20.1. The fourth-order valence-electron chi connectivity index (χ4n) is 2.57. The molecule has 0 radical (unpaired) electrons. The Bertz CT molecular complexity index is 1070. The van der Waals surface area contributed by atoms with Gasteiger partial charge in [0, 0.05) is 23.7 Å². The van der Waals surface area contributed by atoms with E-state index in [1.54, 1.807) is 20.1 Å². The zero-order valence-electron chi connectivity index (χ0n) is 15.4. The summed E-state index contributed by atoms with van der Waals surface area (Å²) in [5, 5.41) is 13.0. The summed E-state index contributed by atoms with van der Waals surface area (Å²) >= 11 is 0. The van der Waals surface area contributed by atoms with E-state index in [2.05, 4.69) is 20.6 Å². The zero-order valence-corrected chi connectivity index (χ0v) is 15.4. The molecule has 28 heavy (non-hydrogen) atoms. The predicted molar refractivity (Wildman–Crippen MR) is 102 cm³/mol. The molecule has 2 aromatic heterocycles. The van der Waals surface area contributed by atoms with Crippen LogP contribution in [0.25, 0.3) is 11.3 Å². The number of carbonyl (C=O) groups excluding carboxylic acids is 1. The molecule has 2 N–H and O–H groups in total. The summed E-state index contributed by atoms with van der Waals surface area (Å²) in [5.74, 6) is 0.271. The molecular weight excluding hydrogens is 362 g/mol. The number of aromatic nitrogens is 4. The van der Waals surface area contributed by atoms with E-state index in [0.717, 1.165) is 11.3 Å². The van der Waals surface area contributed by atoms with Gasteiger partial charge in [0.05, 0.1) is 19.3 Å². The van der Waals surface area contributed by atoms with Crippen molar-refractivity contribution in [2.45, 2.75) is 19.5 Å². The molecule has 3 rings (SSSR count). The number of H-pyrrole nitrogens is 1. The molecule has 1 atom stereocenters. The van der Waals surface area contributed by atoms with E-state index in [1.807, 2.05) is 24.3 Å². The van der Waals surface area contributed by atoms with Gasteiger partial charge in [-0.1, -0.05) is 0 Å². The monoisotopic (exact) mass is 381 g/mol. The summed E-state index contributed by atoms with van der Waals surface area (Å²) in [4.78, 5) is 35.3. The van der Waals surface area contributed by atoms with Crippen LogP contribution < -0.4 is 21.2 Å². The number of nitrogens with one attached hydrogen (secondary N) is 2. The quantitative estimate of drug-likeness (QED) is 0.652. The first-order valence-electron chi connectivity index (χ1n) is 8.55. The Hall–Kier alpha value is -3.75. The molecule has 0 aliphatic carbocycles. The van der Waals surface area contributed by atoms with Gasteiger partial charge < -0.3 is 10.1 Å². The number of aromatic amines is 1. The van der Waals surface area contributed by atoms with E-state index in [-0.39, 0.29) is 17.8 Å². The Balaban J connectivity index is 1.73. The molecule has 0 saturated heterocycles. The third-order valence-electron chi connectivity index (χ3n) is 3.99. The number of amides is 1. The maximum Gasteiger partial charge on any atom is 0.271 e. The van der Waals surface area contributed by atoms with Crippen LogP contribution in [0.1, 0.15) is 17.4 Å². The fourth-order valence-corrected chi connectivity index (χ4v) is 2.57. The van der Waals surface area contributed by atoms with Gasteiger partial charge in [0.25, 0.3) is 17.0 Å². The van der Waals surface area contributed by atoms with Crippen molar-refractivity contribution in [2.24, 2.45) is 0 Å². The van der Waals surface area contributed by atoms with Crippen LogP contribution in [0.2, 0.25) is 0 Å². The number of carbonyl (C=O) groups is 1. The molecule has 0 aliphatic rings. The molecule has 0 fully saturated rings. The van der Waals surface area contributed by atoms with E-state index in [4.69, 9.17) is 4.74 Å². The summed E-state index contributed by atoms with van der Waals surface area (Å²) < 4.78 is 6.44. The van der Waals surface area contributed by atoms with Crippen LogP contribution in [-0.2, 0) is 6.54 Å². The topological polar surface area (TPSA) is 119 Å². The first-order chi connectivity index (χ1) is 13.5. The summed E-state index contributed by atoms with van der Waals surface area (Å²) in [7, 11) is 1.59. The van der Waals surface area contributed by atoms with E-state index in [0.29, 0.717) is 5.69 Å². The van der Waals surface area contributed by atoms with Crippen LogP contribution >= 0.6 is 0 Å². The molecule has 2 heterocycles. The highest BCUT2D eigenvalue weighted by Gasteiger charge is 2.13. The van der Waals surface area contributed by atoms with Gasteiger partial charge in [0.2, 0.25) is 0 Å². The molecule has 0 bridgehead atoms. The first-order valence-corrected chi connectivity index (χ1v) is 8.55. The van der Waals surface area contributed by atoms with Crippen LogP contribution in [0.4, 0.5) is 0 Å². The Morgan fingerprint density at radius 1 is 1.14 bits per heavy atom. The van der Waals surface area contributed by atoms with Gasteiger partial charge in [-0.05, 0) is 43.3 Å². The SMILES string of the molecule is COc1ccc(-c2ccc(=O)n(C[C@H](C)NC(=O)c3ccc(=O)[nH]n3)n2)cc1. The summed E-state index contributed by atoms with van der Waals surface area (Å²) in [6.45, 7) is 1.93. The van der Waals surface area contributed by atoms with Gasteiger partial charge in [-0.3, -0.25) is 14.4 Å². The molecule has 3 aromatic rings. The van der Waals surface area contributed by atoms with E-state index in [1.165, 1.54) is 22.9 Å². The molecule has 1 aromatic carbocycles. The first kappa shape index (κ1) is 19.0. The van der Waals surface area contributed by atoms with E-state index < -0.39 is 17.5 Å². The second-order valence-electron chi connectivity index (χ2n) is 6.15. The molecule has 0 aliphatic heterocycles. The number of methoxy groups -OCH3 is 1. The second kappa shape index (κ2) is 8.30. The molecule has 0 spiro atoms. The minimum atomic E-state index is -0.455. The third kappa shape index (κ3) is 4.50. The van der Waals surface area contributed by atoms with Gasteiger partial charge in [0.1, 0.15) is 11.4 Å². The molecule has 1 amide bonds. The van der Waals surface area contributed by atoms with Crippen LogP contribution in [0.3, 0.4) is 0 Å². The van der Waals surface area contributed by atoms with E-state index in [9.17, 15) is 14.4 Å². The maximum absolute atomic E-state index is 12.2. The molecule has 144 valence electrons. The van der Waals surface area contributed by atoms with Crippen molar-refractivity contribution in [3.63, 3.8) is 0 Å². The lowest BCUT2D eigenvalue weighted by atomic mass is 10.1. The fraction of sp³-hybridized carbons (Fsp3) is 0.211. The normalized spacial score (nSPS) is 11.6. The van der Waals surface area contributed by atoms with Gasteiger partial charge in [-0.2, -0.15) is 10.2 Å². The number of ether oxygens (including phenoxy) is 1. The Kier molecular flexibility index (Phi) is 5.64. The highest BCUT2D eigenvalue weighted by molar-refractivity contribution is 5.92. The minimum Gasteiger partial charge on any atom is -0.497 e. The highest BCUT2D eigenvalue weighted by Crippen LogP contribution is 2.19. The van der Waals surface area contributed by atoms with Crippen molar-refractivity contribution >= 4 is 5.91 Å². The largest absolute Gasteiger partial charge is 0.497 e. The molecule has 9 heteroatoms. The third-order valence-corrected chi connectivity index (χ3v) is 3.99. The molecule has 9 nitrogen and oxygen atoms in total. The summed E-state index contributed by atoms with van der Waals surface area (Å²) in [6, 6.07) is 12.6. The Morgan fingerprint density at radius 2 is 1.89 bits per heavy atom. The van der Waals surface area contributed by atoms with Crippen molar-refractivity contribution in [3.8, 4) is 17.0 Å². The molecular formula is C19H19N5O4. The average molecular weight is 381 g/mol. The summed E-state index contributed by atoms with van der Waals surface area (Å²) in [6.07, 6.45) is 0. The van der Waals surface area contributed by atoms with Crippen molar-refractivity contribution < 1.29 is 9.53 Å². The highest BCUT2D eigenvalue weighted by atomic mass is 16.5. The van der Waals surface area contributed by atoms with Crippen LogP contribution in [0.5, 0.6) is 5.75 Å². The number of hydrogen-bond acceptors (Lipinski definition) is 6. The maximum atomic E-state index is 12.2. The van der Waals surface area contributed by atoms with Crippen LogP contribution in [0.15, 0.2) is 58.1 Å². The lowest BCUT2D eigenvalue weighted by molar-refractivity contribution is 0.0929. The van der Waals surface area contributed by atoms with Crippen molar-refractivity contribution in [3.05, 3.63) is 74.9 Å². The molecule has 0 unspecified atom stereocenters. The van der Waals surface area contributed by atoms with Crippen molar-refractivity contribution in [1.29, 1.82) is 0 Å². The van der Waals surface area contributed by atoms with Gasteiger partial charge in [-0.25, -0.2) is 9.78 Å². The lowest BCUT2D eigenvalue weighted by Gasteiger charge is -2.15. The predicted octanol–water partition coefficient (Wildman–Crippen LogP) is 0.821. The summed E-state index contributed by atoms with van der Waals surface area (Å²) in [5.41, 5.74) is 0.877. The Morgan fingerprint density at radius 3 is 2.54 bits per heavy atom. The van der Waals surface area contributed by atoms with Crippen LogP contribution in [-0.4, -0.2) is 39.0 Å². The second-order valence-corrected chi connectivity index (χ2v) is 6.15. The lowest BCUT2D eigenvalue weighted by Crippen LogP contribution is -2.39. The minimum absolute atomic E-state index is 0.0822. The van der Waals surface area contributed by atoms with Gasteiger partial charge in [0.15, 0.2) is 0 Å².